The largest absolute Gasteiger partial charge is 0.456 e. The summed E-state index contributed by atoms with van der Waals surface area (Å²) >= 11 is 0. The van der Waals surface area contributed by atoms with Crippen LogP contribution in [0, 0.1) is 0 Å². The number of rotatable bonds is 4. The van der Waals surface area contributed by atoms with Crippen LogP contribution in [0.3, 0.4) is 0 Å². The van der Waals surface area contributed by atoms with Crippen LogP contribution in [0.5, 0.6) is 0 Å². The molecule has 0 aliphatic rings. The minimum atomic E-state index is -0.372. The standard InChI is InChI=1S/C45H25N3O3/c1-2-10-26(11-3-1)43-46-44(27-21-23-38-35(24-27)29-12-4-6-17-36(29)49-38)48-45(47-43)28-20-22-30-32-15-8-16-33(42(32)51-40(30)25-28)31-14-9-19-39-41(31)34-13-5-7-18-37(34)50-39/h1-25H/i8D,15D,16D,20D,22D,25D. The smallest absolute Gasteiger partial charge is 0.164 e. The van der Waals surface area contributed by atoms with Crippen LogP contribution in [-0.4, -0.2) is 15.0 Å². The maximum absolute atomic E-state index is 9.56. The van der Waals surface area contributed by atoms with Gasteiger partial charge in [0.25, 0.3) is 0 Å². The van der Waals surface area contributed by atoms with E-state index >= 15 is 0 Å². The number of para-hydroxylation sites is 3. The Labute approximate surface area is 298 Å². The number of nitrogens with zero attached hydrogens (tertiary/aromatic N) is 3. The molecular weight excluding hydrogens is 631 g/mol. The third-order valence-corrected chi connectivity index (χ3v) is 9.26. The van der Waals surface area contributed by atoms with Crippen LogP contribution in [-0.2, 0) is 0 Å². The highest BCUT2D eigenvalue weighted by Gasteiger charge is 2.19. The average molecular weight is 662 g/mol. The van der Waals surface area contributed by atoms with Gasteiger partial charge in [0.1, 0.15) is 33.5 Å². The summed E-state index contributed by atoms with van der Waals surface area (Å²) in [6.45, 7) is 0. The Hall–Kier alpha value is -7.05. The Morgan fingerprint density at radius 2 is 1.10 bits per heavy atom. The van der Waals surface area contributed by atoms with Crippen LogP contribution in [0.1, 0.15) is 8.22 Å². The number of hydrogen-bond acceptors (Lipinski definition) is 6. The van der Waals surface area contributed by atoms with Gasteiger partial charge >= 0.3 is 0 Å². The quantitative estimate of drug-likeness (QED) is 0.187. The van der Waals surface area contributed by atoms with Gasteiger partial charge in [-0.1, -0.05) is 103 Å². The average Bonchev–Trinajstić information content (AvgIpc) is 3.94. The molecule has 0 saturated heterocycles. The number of aromatic nitrogens is 3. The molecule has 0 N–H and O–H groups in total. The van der Waals surface area contributed by atoms with Crippen LogP contribution in [0.2, 0.25) is 0 Å². The van der Waals surface area contributed by atoms with Crippen molar-refractivity contribution in [3.63, 3.8) is 0 Å². The van der Waals surface area contributed by atoms with Crippen molar-refractivity contribution in [2.75, 3.05) is 0 Å². The van der Waals surface area contributed by atoms with Crippen molar-refractivity contribution in [2.45, 2.75) is 0 Å². The molecule has 0 bridgehead atoms. The normalized spacial score (nSPS) is 13.6. The van der Waals surface area contributed by atoms with Gasteiger partial charge in [0.15, 0.2) is 17.5 Å². The Morgan fingerprint density at radius 1 is 0.412 bits per heavy atom. The van der Waals surface area contributed by atoms with Crippen LogP contribution < -0.4 is 0 Å². The molecule has 0 spiro atoms. The third kappa shape index (κ3) is 4.33. The Balaban J connectivity index is 1.19. The van der Waals surface area contributed by atoms with E-state index in [0.717, 1.165) is 21.7 Å². The molecule has 0 fully saturated rings. The number of hydrogen-bond donors (Lipinski definition) is 0. The summed E-state index contributed by atoms with van der Waals surface area (Å²) in [7, 11) is 0. The molecule has 6 heteroatoms. The first-order valence-corrected chi connectivity index (χ1v) is 16.4. The molecule has 11 rings (SSSR count). The van der Waals surface area contributed by atoms with E-state index in [0.29, 0.717) is 44.7 Å². The highest BCUT2D eigenvalue weighted by Crippen LogP contribution is 2.42. The fraction of sp³-hybridized carbons (Fsp3) is 0. The number of furan rings is 3. The van der Waals surface area contributed by atoms with E-state index in [-0.39, 0.29) is 81.0 Å². The third-order valence-electron chi connectivity index (χ3n) is 9.26. The molecule has 0 aliphatic carbocycles. The Morgan fingerprint density at radius 3 is 1.96 bits per heavy atom. The van der Waals surface area contributed by atoms with Gasteiger partial charge < -0.3 is 13.3 Å². The summed E-state index contributed by atoms with van der Waals surface area (Å²) < 4.78 is 74.0. The molecule has 0 radical (unpaired) electrons. The first-order valence-electron chi connectivity index (χ1n) is 19.4. The van der Waals surface area contributed by atoms with Crippen molar-refractivity contribution < 1.29 is 21.5 Å². The molecule has 51 heavy (non-hydrogen) atoms. The maximum Gasteiger partial charge on any atom is 0.164 e. The van der Waals surface area contributed by atoms with Gasteiger partial charge in [0.2, 0.25) is 0 Å². The van der Waals surface area contributed by atoms with Gasteiger partial charge in [-0.2, -0.15) is 0 Å². The molecule has 11 aromatic rings. The van der Waals surface area contributed by atoms with Crippen LogP contribution in [0.25, 0.3) is 111 Å². The highest BCUT2D eigenvalue weighted by atomic mass is 16.3. The van der Waals surface area contributed by atoms with E-state index in [1.54, 1.807) is 12.1 Å². The topological polar surface area (TPSA) is 78.1 Å². The van der Waals surface area contributed by atoms with Gasteiger partial charge in [0, 0.05) is 54.6 Å². The summed E-state index contributed by atoms with van der Waals surface area (Å²) in [5.41, 5.74) is 4.68. The molecule has 238 valence electrons. The second kappa shape index (κ2) is 10.7. The summed E-state index contributed by atoms with van der Waals surface area (Å²) in [6.07, 6.45) is 0. The van der Waals surface area contributed by atoms with E-state index < -0.39 is 0 Å². The van der Waals surface area contributed by atoms with Gasteiger partial charge in [-0.15, -0.1) is 0 Å². The molecule has 0 saturated carbocycles. The minimum absolute atomic E-state index is 0.00910. The van der Waals surface area contributed by atoms with Crippen molar-refractivity contribution >= 4 is 65.8 Å². The maximum atomic E-state index is 9.56. The monoisotopic (exact) mass is 661 g/mol. The number of fused-ring (bicyclic) bond motifs is 9. The minimum Gasteiger partial charge on any atom is -0.456 e. The van der Waals surface area contributed by atoms with Crippen molar-refractivity contribution in [1.82, 2.24) is 15.0 Å². The lowest BCUT2D eigenvalue weighted by Gasteiger charge is -2.08. The number of benzene rings is 7. The van der Waals surface area contributed by atoms with Crippen molar-refractivity contribution in [3.8, 4) is 45.3 Å². The molecule has 0 amide bonds. The molecule has 4 heterocycles. The summed E-state index contributed by atoms with van der Waals surface area (Å²) in [5.74, 6) is 0.580. The van der Waals surface area contributed by atoms with E-state index in [9.17, 15) is 4.11 Å². The predicted molar refractivity (Wildman–Crippen MR) is 203 cm³/mol. The van der Waals surface area contributed by atoms with Crippen LogP contribution in [0.4, 0.5) is 0 Å². The fourth-order valence-corrected chi connectivity index (χ4v) is 6.90. The Bertz CT molecular complexity index is 3500. The molecule has 6 nitrogen and oxygen atoms in total. The van der Waals surface area contributed by atoms with Gasteiger partial charge in [-0.3, -0.25) is 0 Å². The van der Waals surface area contributed by atoms with E-state index in [1.807, 2.05) is 103 Å². The molecule has 0 aliphatic heterocycles. The molecule has 0 unspecified atom stereocenters. The highest BCUT2D eigenvalue weighted by molar-refractivity contribution is 6.17. The first-order chi connectivity index (χ1) is 27.8. The van der Waals surface area contributed by atoms with E-state index in [1.165, 1.54) is 0 Å². The van der Waals surface area contributed by atoms with Crippen LogP contribution in [0.15, 0.2) is 165 Å². The molecule has 0 atom stereocenters. The lowest BCUT2D eigenvalue weighted by molar-refractivity contribution is 0.668. The van der Waals surface area contributed by atoms with Crippen molar-refractivity contribution in [2.24, 2.45) is 0 Å². The van der Waals surface area contributed by atoms with Crippen molar-refractivity contribution in [1.29, 1.82) is 0 Å². The zero-order chi connectivity index (χ0) is 38.7. The second-order valence-electron chi connectivity index (χ2n) is 12.3. The molecular formula is C45H25N3O3. The zero-order valence-corrected chi connectivity index (χ0v) is 26.5. The summed E-state index contributed by atoms with van der Waals surface area (Å²) in [4.78, 5) is 14.5. The van der Waals surface area contributed by atoms with E-state index in [4.69, 9.17) is 32.3 Å². The lowest BCUT2D eigenvalue weighted by atomic mass is 9.97. The first kappa shape index (κ1) is 22.6. The van der Waals surface area contributed by atoms with Gasteiger partial charge in [-0.05, 0) is 54.0 Å². The second-order valence-corrected chi connectivity index (χ2v) is 12.3. The molecule has 7 aromatic carbocycles. The van der Waals surface area contributed by atoms with Gasteiger partial charge in [-0.25, -0.2) is 15.0 Å². The molecule has 4 aromatic heterocycles. The zero-order valence-electron chi connectivity index (χ0n) is 32.5. The van der Waals surface area contributed by atoms with Crippen molar-refractivity contribution in [3.05, 3.63) is 152 Å². The van der Waals surface area contributed by atoms with Gasteiger partial charge in [0.05, 0.1) is 8.22 Å². The predicted octanol–water partition coefficient (Wildman–Crippen LogP) is 12.2. The Kier molecular flexibility index (Phi) is 4.74. The lowest BCUT2D eigenvalue weighted by Crippen LogP contribution is -2.00. The summed E-state index contributed by atoms with van der Waals surface area (Å²) in [6, 6.07) is 33.7. The summed E-state index contributed by atoms with van der Waals surface area (Å²) in [5, 5.41) is 3.40. The SMILES string of the molecule is [2H]c1c([2H])c([2H])c2c(oc3c([2H])c(-c4nc(-c5ccccc5)nc(-c5ccc6oc7ccccc7c6c5)n4)c([2H])c([2H])c32)c1-c1cccc2oc3ccccc3c12. The van der Waals surface area contributed by atoms with E-state index in [2.05, 4.69) is 0 Å². The van der Waals surface area contributed by atoms with Crippen LogP contribution >= 0.6 is 0 Å². The fourth-order valence-electron chi connectivity index (χ4n) is 6.90.